The van der Waals surface area contributed by atoms with Gasteiger partial charge in [-0.15, -0.1) is 0 Å². The minimum atomic E-state index is 0.556. The highest BCUT2D eigenvalue weighted by Gasteiger charge is 2.42. The molecule has 3 aromatic carbocycles. The van der Waals surface area contributed by atoms with Crippen molar-refractivity contribution in [2.75, 3.05) is 0 Å². The standard InChI is InChI=1S/C41H39N3O/c1-22-16-35-32-12-9-13-43-41(32)45-38(35)19-33(22)34-18-37(30-11-8-10-29(17-30)20-42)44-21-36(34)39-23(2)14-31(15-24(39)3)40-27(6)25(4)26(5)28(40)7/h8-19,21,25-28,40H,1-7H3. The maximum atomic E-state index is 9.57. The van der Waals surface area contributed by atoms with Crippen molar-refractivity contribution in [1.29, 1.82) is 5.26 Å². The Kier molecular flexibility index (Phi) is 7.09. The number of pyridine rings is 2. The number of nitriles is 1. The first kappa shape index (κ1) is 29.0. The molecule has 4 heteroatoms. The van der Waals surface area contributed by atoms with Gasteiger partial charge in [0.1, 0.15) is 5.58 Å². The summed E-state index contributed by atoms with van der Waals surface area (Å²) in [7, 11) is 0. The molecule has 0 radical (unpaired) electrons. The minimum absolute atomic E-state index is 0.556. The molecular weight excluding hydrogens is 550 g/mol. The summed E-state index contributed by atoms with van der Waals surface area (Å²) in [5.74, 6) is 3.26. The van der Waals surface area contributed by atoms with Crippen LogP contribution in [0.25, 0.3) is 55.6 Å². The Labute approximate surface area is 265 Å². The first-order valence-electron chi connectivity index (χ1n) is 16.1. The van der Waals surface area contributed by atoms with E-state index in [0.717, 1.165) is 49.9 Å². The molecule has 0 N–H and O–H groups in total. The van der Waals surface area contributed by atoms with Gasteiger partial charge in [0.15, 0.2) is 0 Å². The predicted molar refractivity (Wildman–Crippen MR) is 184 cm³/mol. The average Bonchev–Trinajstić information content (AvgIpc) is 3.49. The lowest BCUT2D eigenvalue weighted by atomic mass is 9.80. The van der Waals surface area contributed by atoms with Crippen molar-refractivity contribution in [2.45, 2.75) is 54.4 Å². The van der Waals surface area contributed by atoms with E-state index in [2.05, 4.69) is 95.9 Å². The molecule has 0 amide bonds. The summed E-state index contributed by atoms with van der Waals surface area (Å²) in [6.07, 6.45) is 3.79. The van der Waals surface area contributed by atoms with Crippen molar-refractivity contribution >= 4 is 22.1 Å². The molecule has 4 unspecified atom stereocenters. The smallest absolute Gasteiger partial charge is 0.227 e. The lowest BCUT2D eigenvalue weighted by molar-refractivity contribution is 0.352. The molecule has 224 valence electrons. The number of rotatable bonds is 4. The molecular formula is C41H39N3O. The summed E-state index contributed by atoms with van der Waals surface area (Å²) in [5.41, 5.74) is 13.5. The zero-order valence-electron chi connectivity index (χ0n) is 27.1. The van der Waals surface area contributed by atoms with Gasteiger partial charge in [-0.05, 0) is 132 Å². The zero-order chi connectivity index (χ0) is 31.6. The number of hydrogen-bond donors (Lipinski definition) is 0. The monoisotopic (exact) mass is 589 g/mol. The van der Waals surface area contributed by atoms with Gasteiger partial charge in [0, 0.05) is 34.3 Å². The van der Waals surface area contributed by atoms with Crippen LogP contribution in [-0.4, -0.2) is 9.97 Å². The van der Waals surface area contributed by atoms with Crippen molar-refractivity contribution in [2.24, 2.45) is 23.7 Å². The second-order valence-corrected chi connectivity index (χ2v) is 13.4. The van der Waals surface area contributed by atoms with Crippen LogP contribution in [0.15, 0.2) is 83.5 Å². The number of benzene rings is 3. The molecule has 6 aromatic rings. The van der Waals surface area contributed by atoms with Gasteiger partial charge in [-0.2, -0.15) is 5.26 Å². The average molecular weight is 590 g/mol. The lowest BCUT2D eigenvalue weighted by Gasteiger charge is -2.25. The van der Waals surface area contributed by atoms with Crippen LogP contribution >= 0.6 is 0 Å². The number of furan rings is 1. The summed E-state index contributed by atoms with van der Waals surface area (Å²) in [6.45, 7) is 16.4. The van der Waals surface area contributed by atoms with Gasteiger partial charge in [0.2, 0.25) is 5.71 Å². The second-order valence-electron chi connectivity index (χ2n) is 13.4. The van der Waals surface area contributed by atoms with E-state index < -0.39 is 0 Å². The van der Waals surface area contributed by atoms with E-state index in [1.54, 1.807) is 6.20 Å². The van der Waals surface area contributed by atoms with Gasteiger partial charge in [0.05, 0.1) is 17.3 Å². The Morgan fingerprint density at radius 2 is 1.42 bits per heavy atom. The van der Waals surface area contributed by atoms with Crippen molar-refractivity contribution < 1.29 is 4.42 Å². The minimum Gasteiger partial charge on any atom is -0.438 e. The lowest BCUT2D eigenvalue weighted by Crippen LogP contribution is -2.12. The fourth-order valence-electron chi connectivity index (χ4n) is 8.15. The zero-order valence-corrected chi connectivity index (χ0v) is 27.1. The normalized spacial score (nSPS) is 21.4. The van der Waals surface area contributed by atoms with Crippen LogP contribution in [0.2, 0.25) is 0 Å². The quantitative estimate of drug-likeness (QED) is 0.205. The second kappa shape index (κ2) is 11.0. The van der Waals surface area contributed by atoms with E-state index in [9.17, 15) is 5.26 Å². The van der Waals surface area contributed by atoms with E-state index in [1.165, 1.54) is 22.3 Å². The number of hydrogen-bond acceptors (Lipinski definition) is 4. The van der Waals surface area contributed by atoms with Crippen molar-refractivity contribution in [3.8, 4) is 39.6 Å². The van der Waals surface area contributed by atoms with Crippen molar-refractivity contribution in [1.82, 2.24) is 9.97 Å². The van der Waals surface area contributed by atoms with E-state index >= 15 is 0 Å². The van der Waals surface area contributed by atoms with Gasteiger partial charge in [0.25, 0.3) is 0 Å². The Morgan fingerprint density at radius 1 is 0.689 bits per heavy atom. The fourth-order valence-corrected chi connectivity index (χ4v) is 8.15. The third-order valence-corrected chi connectivity index (χ3v) is 10.9. The van der Waals surface area contributed by atoms with Crippen LogP contribution < -0.4 is 0 Å². The summed E-state index contributed by atoms with van der Waals surface area (Å²) in [6, 6.07) is 25.4. The van der Waals surface area contributed by atoms with Gasteiger partial charge < -0.3 is 4.42 Å². The third-order valence-electron chi connectivity index (χ3n) is 10.9. The van der Waals surface area contributed by atoms with Gasteiger partial charge >= 0.3 is 0 Å². The summed E-state index contributed by atoms with van der Waals surface area (Å²) >= 11 is 0. The van der Waals surface area contributed by atoms with Crippen LogP contribution in [0, 0.1) is 55.8 Å². The third kappa shape index (κ3) is 4.73. The van der Waals surface area contributed by atoms with E-state index in [4.69, 9.17) is 9.40 Å². The van der Waals surface area contributed by atoms with Crippen molar-refractivity contribution in [3.05, 3.63) is 107 Å². The Hall–Kier alpha value is -4.75. The Bertz CT molecular complexity index is 2110. The van der Waals surface area contributed by atoms with Crippen LogP contribution in [0.4, 0.5) is 0 Å². The topological polar surface area (TPSA) is 62.7 Å². The number of aryl methyl sites for hydroxylation is 3. The molecule has 1 fully saturated rings. The molecule has 0 bridgehead atoms. The van der Waals surface area contributed by atoms with E-state index in [-0.39, 0.29) is 0 Å². The molecule has 0 saturated heterocycles. The highest BCUT2D eigenvalue weighted by atomic mass is 16.3. The molecule has 1 aliphatic carbocycles. The van der Waals surface area contributed by atoms with Crippen LogP contribution in [0.1, 0.15) is 61.4 Å². The summed E-state index contributed by atoms with van der Waals surface area (Å²) in [4.78, 5) is 9.46. The first-order valence-corrected chi connectivity index (χ1v) is 16.1. The molecule has 3 aromatic heterocycles. The Balaban J connectivity index is 1.44. The molecule has 3 heterocycles. The maximum Gasteiger partial charge on any atom is 0.227 e. The SMILES string of the molecule is Cc1cc2c(cc1-c1cc(-c3cccc(C#N)c3)ncc1-c1c(C)cc(C3C(C)C(C)C(C)C3C)cc1C)oc1ncccc12. The predicted octanol–water partition coefficient (Wildman–Crippen LogP) is 10.8. The number of fused-ring (bicyclic) bond motifs is 3. The molecule has 45 heavy (non-hydrogen) atoms. The largest absolute Gasteiger partial charge is 0.438 e. The Morgan fingerprint density at radius 3 is 2.13 bits per heavy atom. The van der Waals surface area contributed by atoms with Crippen molar-refractivity contribution in [3.63, 3.8) is 0 Å². The van der Waals surface area contributed by atoms with E-state index in [1.807, 2.05) is 36.5 Å². The number of aromatic nitrogens is 2. The van der Waals surface area contributed by atoms with Crippen LogP contribution in [0.3, 0.4) is 0 Å². The maximum absolute atomic E-state index is 9.57. The molecule has 0 spiro atoms. The van der Waals surface area contributed by atoms with Gasteiger partial charge in [-0.1, -0.05) is 52.0 Å². The summed E-state index contributed by atoms with van der Waals surface area (Å²) < 4.78 is 6.26. The molecule has 4 atom stereocenters. The van der Waals surface area contributed by atoms with Gasteiger partial charge in [-0.25, -0.2) is 4.98 Å². The van der Waals surface area contributed by atoms with E-state index in [0.29, 0.717) is 40.9 Å². The van der Waals surface area contributed by atoms with Gasteiger partial charge in [-0.3, -0.25) is 4.98 Å². The molecule has 1 aliphatic rings. The molecule has 1 saturated carbocycles. The highest BCUT2D eigenvalue weighted by Crippen LogP contribution is 2.51. The highest BCUT2D eigenvalue weighted by molar-refractivity contribution is 6.06. The number of nitrogens with zero attached hydrogens (tertiary/aromatic N) is 3. The first-order chi connectivity index (χ1) is 21.7. The summed E-state index contributed by atoms with van der Waals surface area (Å²) in [5, 5.41) is 11.7. The fraction of sp³-hybridized carbons (Fsp3) is 0.293. The van der Waals surface area contributed by atoms with Crippen LogP contribution in [-0.2, 0) is 0 Å². The van der Waals surface area contributed by atoms with Crippen LogP contribution in [0.5, 0.6) is 0 Å². The molecule has 7 rings (SSSR count). The molecule has 4 nitrogen and oxygen atoms in total. The molecule has 0 aliphatic heterocycles.